The first-order valence-electron chi connectivity index (χ1n) is 13.5. The largest absolute Gasteiger partial charge is 0.573 e. The zero-order valence-electron chi connectivity index (χ0n) is 22.4. The number of nitrogens with one attached hydrogen (secondary N) is 1. The number of aromatic nitrogens is 1. The molecule has 3 heterocycles. The molecule has 2 amide bonds. The van der Waals surface area contributed by atoms with Crippen molar-refractivity contribution >= 4 is 17.7 Å². The van der Waals surface area contributed by atoms with Gasteiger partial charge < -0.3 is 29.0 Å². The monoisotopic (exact) mass is 589 g/mol. The predicted molar refractivity (Wildman–Crippen MR) is 139 cm³/mol. The number of hydrogen-bond acceptors (Lipinski definition) is 7. The molecule has 2 bridgehead atoms. The Hall–Kier alpha value is -4.13. The van der Waals surface area contributed by atoms with Gasteiger partial charge in [-0.25, -0.2) is 14.0 Å². The van der Waals surface area contributed by atoms with Crippen LogP contribution in [0.3, 0.4) is 0 Å². The van der Waals surface area contributed by atoms with Gasteiger partial charge in [-0.05, 0) is 56.4 Å². The van der Waals surface area contributed by atoms with Crippen LogP contribution in [-0.2, 0) is 16.1 Å². The average molecular weight is 590 g/mol. The normalized spacial score (nSPS) is 21.5. The summed E-state index contributed by atoms with van der Waals surface area (Å²) in [4.78, 5) is 26.8. The maximum atomic E-state index is 14.5. The van der Waals surface area contributed by atoms with E-state index < -0.39 is 24.2 Å². The number of para-hydroxylation sites is 2. The number of rotatable bonds is 8. The van der Waals surface area contributed by atoms with E-state index in [-0.39, 0.29) is 59.0 Å². The van der Waals surface area contributed by atoms with Gasteiger partial charge in [0.05, 0.1) is 31.1 Å². The number of hydrogen-bond donors (Lipinski definition) is 1. The Bertz CT molecular complexity index is 1490. The van der Waals surface area contributed by atoms with Crippen LogP contribution in [0.4, 0.5) is 28.0 Å². The number of esters is 1. The summed E-state index contributed by atoms with van der Waals surface area (Å²) >= 11 is 0. The van der Waals surface area contributed by atoms with E-state index in [1.54, 1.807) is 11.0 Å². The van der Waals surface area contributed by atoms with E-state index >= 15 is 0 Å². The smallest absolute Gasteiger partial charge is 0.465 e. The van der Waals surface area contributed by atoms with E-state index in [9.17, 15) is 27.2 Å². The van der Waals surface area contributed by atoms with Gasteiger partial charge >= 0.3 is 18.4 Å². The molecule has 3 aromatic rings. The van der Waals surface area contributed by atoms with Crippen molar-refractivity contribution in [1.82, 2.24) is 10.1 Å². The van der Waals surface area contributed by atoms with Crippen molar-refractivity contribution in [2.75, 3.05) is 12.4 Å². The lowest BCUT2D eigenvalue weighted by molar-refractivity contribution is -0.274. The third-order valence-corrected chi connectivity index (χ3v) is 7.88. The summed E-state index contributed by atoms with van der Waals surface area (Å²) < 4.78 is 74.4. The molecule has 222 valence electrons. The molecular weight excluding hydrogens is 562 g/mol. The van der Waals surface area contributed by atoms with Crippen LogP contribution >= 0.6 is 0 Å². The quantitative estimate of drug-likeness (QED) is 0.240. The number of halogens is 4. The second-order valence-electron chi connectivity index (χ2n) is 10.6. The maximum Gasteiger partial charge on any atom is 0.573 e. The highest BCUT2D eigenvalue weighted by molar-refractivity contribution is 6.01. The number of alkyl halides is 3. The Balaban J connectivity index is 1.14. The summed E-state index contributed by atoms with van der Waals surface area (Å²) in [6.45, 7) is 0.0685. The summed E-state index contributed by atoms with van der Waals surface area (Å²) in [5.41, 5.74) is 0.646. The average Bonchev–Trinajstić information content (AvgIpc) is 3.71. The minimum atomic E-state index is -4.87. The molecule has 1 N–H and O–H groups in total. The van der Waals surface area contributed by atoms with Gasteiger partial charge in [0.15, 0.2) is 0 Å². The lowest BCUT2D eigenvalue weighted by atomic mass is 9.78. The van der Waals surface area contributed by atoms with Crippen molar-refractivity contribution in [2.45, 2.75) is 69.2 Å². The molecule has 7 rings (SSSR count). The molecule has 2 aliphatic carbocycles. The van der Waals surface area contributed by atoms with E-state index in [1.807, 2.05) is 0 Å². The Labute approximate surface area is 237 Å². The summed E-state index contributed by atoms with van der Waals surface area (Å²) in [5.74, 6) is -1.18. The minimum Gasteiger partial charge on any atom is -0.465 e. The van der Waals surface area contributed by atoms with Crippen LogP contribution in [-0.4, -0.2) is 53.7 Å². The van der Waals surface area contributed by atoms with Crippen LogP contribution in [0.2, 0.25) is 0 Å². The molecular formula is C29H27F4N3O6. The number of carbonyl (C=O) groups is 2. The van der Waals surface area contributed by atoms with E-state index in [4.69, 9.17) is 14.0 Å². The van der Waals surface area contributed by atoms with Gasteiger partial charge in [0.1, 0.15) is 23.0 Å². The highest BCUT2D eigenvalue weighted by Crippen LogP contribution is 2.46. The van der Waals surface area contributed by atoms with Crippen LogP contribution < -0.4 is 10.1 Å². The second kappa shape index (κ2) is 10.9. The highest BCUT2D eigenvalue weighted by Gasteiger charge is 2.48. The van der Waals surface area contributed by atoms with Gasteiger partial charge in [-0.15, -0.1) is 13.2 Å². The first-order chi connectivity index (χ1) is 20.1. The van der Waals surface area contributed by atoms with Crippen LogP contribution in [0.15, 0.2) is 47.0 Å². The Morgan fingerprint density at radius 2 is 1.81 bits per heavy atom. The second-order valence-corrected chi connectivity index (χ2v) is 10.6. The first kappa shape index (κ1) is 28.0. The number of amides is 2. The number of fused-ring (bicyclic) bond motifs is 2. The molecule has 9 nitrogen and oxygen atoms in total. The van der Waals surface area contributed by atoms with Crippen LogP contribution in [0, 0.1) is 5.82 Å². The zero-order valence-corrected chi connectivity index (χ0v) is 22.4. The minimum absolute atomic E-state index is 0.0685. The van der Waals surface area contributed by atoms with Gasteiger partial charge in [-0.2, -0.15) is 0 Å². The highest BCUT2D eigenvalue weighted by atomic mass is 19.4. The third-order valence-electron chi connectivity index (χ3n) is 7.88. The number of nitrogens with zero attached hydrogens (tertiary/aromatic N) is 2. The van der Waals surface area contributed by atoms with Crippen molar-refractivity contribution in [3.63, 3.8) is 0 Å². The lowest BCUT2D eigenvalue weighted by Crippen LogP contribution is -2.65. The molecule has 0 radical (unpaired) electrons. The van der Waals surface area contributed by atoms with E-state index in [0.29, 0.717) is 24.2 Å². The van der Waals surface area contributed by atoms with Gasteiger partial charge in [0.25, 0.3) is 0 Å². The molecule has 4 aliphatic rings. The SMILES string of the molecule is COC(=O)c1cccc(F)c1NC(=O)N1C2CC(OCc3c(-c4ccccc4OC(F)(F)F)noc3C3CC3)CC1C2. The molecule has 42 heavy (non-hydrogen) atoms. The molecule has 2 aliphatic heterocycles. The molecule has 1 aromatic heterocycles. The van der Waals surface area contributed by atoms with Crippen molar-refractivity contribution in [2.24, 2.45) is 0 Å². The number of anilines is 1. The van der Waals surface area contributed by atoms with Crippen molar-refractivity contribution in [3.8, 4) is 17.0 Å². The summed E-state index contributed by atoms with van der Waals surface area (Å²) in [6.07, 6.45) is -1.55. The fourth-order valence-corrected chi connectivity index (χ4v) is 5.81. The van der Waals surface area contributed by atoms with Gasteiger partial charge in [-0.1, -0.05) is 23.4 Å². The van der Waals surface area contributed by atoms with E-state index in [2.05, 4.69) is 15.2 Å². The van der Waals surface area contributed by atoms with Crippen molar-refractivity contribution in [3.05, 3.63) is 65.2 Å². The molecule has 4 fully saturated rings. The predicted octanol–water partition coefficient (Wildman–Crippen LogP) is 6.40. The van der Waals surface area contributed by atoms with Crippen molar-refractivity contribution < 1.29 is 45.9 Å². The standard InChI is InChI=1S/C29H27F4N3O6/c1-39-27(37)20-6-4-7-22(30)25(20)34-28(38)36-16-11-17(36)13-18(12-16)40-14-21-24(35-42-26(21)15-9-10-15)19-5-2-3-8-23(19)41-29(31,32)33/h2-8,15-18H,9-14H2,1H3,(H,34,38). The lowest BCUT2D eigenvalue weighted by Gasteiger charge is -2.54. The summed E-state index contributed by atoms with van der Waals surface area (Å²) in [5, 5.41) is 6.63. The fourth-order valence-electron chi connectivity index (χ4n) is 5.81. The molecule has 2 saturated heterocycles. The fraction of sp³-hybridized carbons (Fsp3) is 0.414. The summed E-state index contributed by atoms with van der Waals surface area (Å²) in [7, 11) is 1.17. The summed E-state index contributed by atoms with van der Waals surface area (Å²) in [6, 6.07) is 8.78. The maximum absolute atomic E-state index is 14.5. The zero-order chi connectivity index (χ0) is 29.6. The van der Waals surface area contributed by atoms with Crippen LogP contribution in [0.1, 0.15) is 59.7 Å². The Morgan fingerprint density at radius 1 is 1.07 bits per heavy atom. The van der Waals surface area contributed by atoms with E-state index in [0.717, 1.165) is 25.3 Å². The Kier molecular flexibility index (Phi) is 7.29. The molecule has 2 saturated carbocycles. The number of carbonyl (C=O) groups excluding carboxylic acids is 2. The van der Waals surface area contributed by atoms with Crippen LogP contribution in [0.5, 0.6) is 5.75 Å². The topological polar surface area (TPSA) is 103 Å². The van der Waals surface area contributed by atoms with Gasteiger partial charge in [0.2, 0.25) is 0 Å². The van der Waals surface area contributed by atoms with Gasteiger partial charge in [0, 0.05) is 29.1 Å². The van der Waals surface area contributed by atoms with E-state index in [1.165, 1.54) is 37.4 Å². The molecule has 13 heteroatoms. The molecule has 2 unspecified atom stereocenters. The number of urea groups is 1. The number of ether oxygens (including phenoxy) is 3. The van der Waals surface area contributed by atoms with Gasteiger partial charge in [-0.3, -0.25) is 0 Å². The molecule has 2 atom stereocenters. The first-order valence-corrected chi connectivity index (χ1v) is 13.5. The number of benzene rings is 2. The molecule has 2 aromatic carbocycles. The third kappa shape index (κ3) is 5.52. The van der Waals surface area contributed by atoms with Crippen molar-refractivity contribution in [1.29, 1.82) is 0 Å². The number of methoxy groups -OCH3 is 1. The molecule has 0 spiro atoms. The Morgan fingerprint density at radius 3 is 2.50 bits per heavy atom. The van der Waals surface area contributed by atoms with Crippen LogP contribution in [0.25, 0.3) is 11.3 Å². The number of piperidine rings is 1.